The zero-order valence-electron chi connectivity index (χ0n) is 12.3. The highest BCUT2D eigenvalue weighted by atomic mass is 127. The number of ether oxygens (including phenoxy) is 1. The van der Waals surface area contributed by atoms with E-state index in [-0.39, 0.29) is 17.0 Å². The van der Waals surface area contributed by atoms with Gasteiger partial charge in [-0.15, -0.1) is 0 Å². The molecule has 4 bridgehead atoms. The minimum absolute atomic E-state index is 0.0250. The highest BCUT2D eigenvalue weighted by Gasteiger charge is 2.59. The molecular weight excluding hydrogens is 351 g/mol. The smallest absolute Gasteiger partial charge is 0.312 e. The number of halogens is 1. The zero-order valence-corrected chi connectivity index (χ0v) is 14.5. The number of rotatable bonds is 3. The molecule has 4 aliphatic rings. The fourth-order valence-corrected chi connectivity index (χ4v) is 6.61. The van der Waals surface area contributed by atoms with Crippen LogP contribution >= 0.6 is 22.6 Å². The first kappa shape index (κ1) is 14.2. The van der Waals surface area contributed by atoms with Crippen LogP contribution in [-0.4, -0.2) is 15.0 Å². The average Bonchev–Trinajstić information content (AvgIpc) is 2.24. The first-order chi connectivity index (χ1) is 8.76. The van der Waals surface area contributed by atoms with E-state index in [0.717, 1.165) is 37.5 Å². The van der Waals surface area contributed by atoms with Crippen LogP contribution in [0.4, 0.5) is 0 Å². The van der Waals surface area contributed by atoms with Gasteiger partial charge in [0.15, 0.2) is 0 Å². The van der Waals surface area contributed by atoms with Gasteiger partial charge in [0.05, 0.1) is 5.41 Å². The molecule has 2 atom stereocenters. The molecule has 19 heavy (non-hydrogen) atoms. The molecule has 4 rings (SSSR count). The molecule has 4 saturated carbocycles. The molecule has 0 aliphatic heterocycles. The van der Waals surface area contributed by atoms with Gasteiger partial charge in [-0.25, -0.2) is 0 Å². The highest BCUT2D eigenvalue weighted by molar-refractivity contribution is 14.1. The van der Waals surface area contributed by atoms with Crippen LogP contribution in [0.2, 0.25) is 0 Å². The Morgan fingerprint density at radius 1 is 1.26 bits per heavy atom. The van der Waals surface area contributed by atoms with Crippen LogP contribution < -0.4 is 0 Å². The lowest BCUT2D eigenvalue weighted by atomic mass is 9.54. The lowest BCUT2D eigenvalue weighted by Crippen LogP contribution is -2.58. The minimum atomic E-state index is -0.332. The third kappa shape index (κ3) is 2.44. The van der Waals surface area contributed by atoms with Gasteiger partial charge in [-0.05, 0) is 64.2 Å². The molecule has 4 aliphatic carbocycles. The summed E-state index contributed by atoms with van der Waals surface area (Å²) in [6.45, 7) is 6.09. The van der Waals surface area contributed by atoms with E-state index in [1.807, 2.05) is 13.8 Å². The molecule has 0 aromatic carbocycles. The van der Waals surface area contributed by atoms with Crippen molar-refractivity contribution in [2.24, 2.45) is 17.3 Å². The van der Waals surface area contributed by atoms with Crippen LogP contribution in [0.5, 0.6) is 0 Å². The van der Waals surface area contributed by atoms with Gasteiger partial charge in [-0.2, -0.15) is 0 Å². The van der Waals surface area contributed by atoms with E-state index in [2.05, 4.69) is 29.5 Å². The van der Waals surface area contributed by atoms with E-state index in [0.29, 0.717) is 3.42 Å². The highest BCUT2D eigenvalue weighted by Crippen LogP contribution is 2.62. The fourth-order valence-electron chi connectivity index (χ4n) is 4.67. The summed E-state index contributed by atoms with van der Waals surface area (Å²) in [6.07, 6.45) is 8.27. The molecule has 3 heteroatoms. The molecular formula is C16H25IO2. The molecule has 108 valence electrons. The quantitative estimate of drug-likeness (QED) is 0.412. The van der Waals surface area contributed by atoms with E-state index >= 15 is 0 Å². The number of esters is 1. The zero-order chi connectivity index (χ0) is 13.9. The van der Waals surface area contributed by atoms with Crippen molar-refractivity contribution < 1.29 is 9.53 Å². The van der Waals surface area contributed by atoms with Crippen LogP contribution in [0.25, 0.3) is 0 Å². The minimum Gasteiger partial charge on any atom is -0.459 e. The molecule has 2 nitrogen and oxygen atoms in total. The number of carbonyl (C=O) groups excluding carboxylic acids is 1. The molecule has 0 aromatic rings. The summed E-state index contributed by atoms with van der Waals surface area (Å²) >= 11 is 2.66. The third-order valence-corrected chi connectivity index (χ3v) is 6.94. The molecule has 0 radical (unpaired) electrons. The second-order valence-electron chi connectivity index (χ2n) is 7.92. The second-order valence-corrected chi connectivity index (χ2v) is 10.2. The van der Waals surface area contributed by atoms with E-state index < -0.39 is 0 Å². The molecule has 0 N–H and O–H groups in total. The first-order valence-corrected chi connectivity index (χ1v) is 8.76. The van der Waals surface area contributed by atoms with E-state index in [9.17, 15) is 4.79 Å². The second kappa shape index (κ2) is 4.35. The maximum Gasteiger partial charge on any atom is 0.312 e. The number of hydrogen-bond donors (Lipinski definition) is 0. The summed E-state index contributed by atoms with van der Waals surface area (Å²) in [5.74, 6) is 1.63. The Morgan fingerprint density at radius 3 is 2.32 bits per heavy atom. The van der Waals surface area contributed by atoms with Gasteiger partial charge >= 0.3 is 5.97 Å². The van der Waals surface area contributed by atoms with Crippen molar-refractivity contribution >= 4 is 28.6 Å². The molecule has 0 amide bonds. The Bertz CT molecular complexity index is 388. The van der Waals surface area contributed by atoms with E-state index in [1.165, 1.54) is 19.3 Å². The van der Waals surface area contributed by atoms with Gasteiger partial charge in [0.2, 0.25) is 0 Å². The van der Waals surface area contributed by atoms with Crippen molar-refractivity contribution in [3.63, 3.8) is 0 Å². The number of hydrogen-bond acceptors (Lipinski definition) is 2. The van der Waals surface area contributed by atoms with Crippen molar-refractivity contribution in [2.45, 2.75) is 74.7 Å². The molecule has 0 spiro atoms. The van der Waals surface area contributed by atoms with Crippen LogP contribution in [0, 0.1) is 17.3 Å². The van der Waals surface area contributed by atoms with Crippen molar-refractivity contribution in [1.82, 2.24) is 0 Å². The predicted octanol–water partition coefficient (Wildman–Crippen LogP) is 4.49. The summed E-state index contributed by atoms with van der Waals surface area (Å²) in [7, 11) is 0. The van der Waals surface area contributed by atoms with Crippen LogP contribution in [0.3, 0.4) is 0 Å². The molecule has 4 fully saturated rings. The van der Waals surface area contributed by atoms with Gasteiger partial charge in [0.1, 0.15) is 5.60 Å². The van der Waals surface area contributed by atoms with Gasteiger partial charge in [0, 0.05) is 9.84 Å². The van der Waals surface area contributed by atoms with Crippen molar-refractivity contribution in [1.29, 1.82) is 0 Å². The summed E-state index contributed by atoms with van der Waals surface area (Å²) in [5.41, 5.74) is -0.448. The predicted molar refractivity (Wildman–Crippen MR) is 84.3 cm³/mol. The number of alkyl halides is 1. The van der Waals surface area contributed by atoms with Gasteiger partial charge in [0.25, 0.3) is 0 Å². The third-order valence-electron chi connectivity index (χ3n) is 5.68. The Hall–Kier alpha value is 0.200. The van der Waals surface area contributed by atoms with E-state index in [1.54, 1.807) is 0 Å². The summed E-state index contributed by atoms with van der Waals surface area (Å²) in [5, 5.41) is 0. The monoisotopic (exact) mass is 376 g/mol. The van der Waals surface area contributed by atoms with Gasteiger partial charge < -0.3 is 4.74 Å². The van der Waals surface area contributed by atoms with Gasteiger partial charge in [-0.1, -0.05) is 29.5 Å². The molecule has 2 unspecified atom stereocenters. The topological polar surface area (TPSA) is 26.3 Å². The van der Waals surface area contributed by atoms with Crippen molar-refractivity contribution in [3.05, 3.63) is 0 Å². The molecule has 0 heterocycles. The lowest BCUT2D eigenvalue weighted by Gasteiger charge is -2.59. The van der Waals surface area contributed by atoms with Gasteiger partial charge in [-0.3, -0.25) is 4.79 Å². The van der Waals surface area contributed by atoms with Crippen molar-refractivity contribution in [3.8, 4) is 0 Å². The van der Waals surface area contributed by atoms with Crippen LogP contribution in [-0.2, 0) is 9.53 Å². The van der Waals surface area contributed by atoms with Crippen LogP contribution in [0.1, 0.15) is 65.7 Å². The normalized spacial score (nSPS) is 44.4. The Kier molecular flexibility index (Phi) is 3.24. The first-order valence-electron chi connectivity index (χ1n) is 7.68. The van der Waals surface area contributed by atoms with Crippen LogP contribution in [0.15, 0.2) is 0 Å². The average molecular weight is 376 g/mol. The SMILES string of the molecule is CCC(C)(C)C(=O)OC12CC3CC(CC(I)(C3)C1)C2. The maximum absolute atomic E-state index is 12.5. The Morgan fingerprint density at radius 2 is 1.84 bits per heavy atom. The number of carbonyl (C=O) groups is 1. The maximum atomic E-state index is 12.5. The molecule has 0 saturated heterocycles. The fraction of sp³-hybridized carbons (Fsp3) is 0.938. The summed E-state index contributed by atoms with van der Waals surface area (Å²) < 4.78 is 6.54. The summed E-state index contributed by atoms with van der Waals surface area (Å²) in [6, 6.07) is 0. The Labute approximate surface area is 130 Å². The Balaban J connectivity index is 1.79. The standard InChI is InChI=1S/C16H25IO2/c1-4-14(2,3)13(18)19-16-8-11-5-12(9-16)7-15(17,6-11)10-16/h11-12H,4-10H2,1-3H3. The van der Waals surface area contributed by atoms with Crippen molar-refractivity contribution in [2.75, 3.05) is 0 Å². The lowest BCUT2D eigenvalue weighted by molar-refractivity contribution is -0.192. The summed E-state index contributed by atoms with van der Waals surface area (Å²) in [4.78, 5) is 12.5. The van der Waals surface area contributed by atoms with E-state index in [4.69, 9.17) is 4.74 Å². The molecule has 0 aromatic heterocycles. The largest absolute Gasteiger partial charge is 0.459 e.